The van der Waals surface area contributed by atoms with Crippen molar-refractivity contribution in [3.63, 3.8) is 0 Å². The quantitative estimate of drug-likeness (QED) is 0.910. The molecule has 0 saturated carbocycles. The second-order valence-electron chi connectivity index (χ2n) is 5.48. The van der Waals surface area contributed by atoms with Crippen LogP contribution in [0.5, 0.6) is 0 Å². The molecule has 1 aromatic rings. The summed E-state index contributed by atoms with van der Waals surface area (Å²) in [6.07, 6.45) is 6.13. The monoisotopic (exact) mass is 277 g/mol. The van der Waals surface area contributed by atoms with E-state index in [-0.39, 0.29) is 18.6 Å². The van der Waals surface area contributed by atoms with Crippen molar-refractivity contribution in [2.75, 3.05) is 32.1 Å². The van der Waals surface area contributed by atoms with Gasteiger partial charge in [-0.05, 0) is 25.0 Å². The van der Waals surface area contributed by atoms with Crippen LogP contribution in [-0.4, -0.2) is 54.2 Å². The standard InChI is InChI=1S/C15H23N3O2/c1-17(2)15(20)14-10-12(7-8-16-14)18-9-5-3-4-6-13(18)11-19/h7-8,10,13,19H,3-6,9,11H2,1-2H3. The summed E-state index contributed by atoms with van der Waals surface area (Å²) in [6.45, 7) is 1.07. The third-order valence-electron chi connectivity index (χ3n) is 3.79. The first-order chi connectivity index (χ1) is 9.63. The Morgan fingerprint density at radius 2 is 2.25 bits per heavy atom. The average Bonchev–Trinajstić information content (AvgIpc) is 2.71. The molecule has 2 rings (SSSR count). The lowest BCUT2D eigenvalue weighted by atomic mass is 10.1. The number of aliphatic hydroxyl groups is 1. The maximum atomic E-state index is 12.0. The van der Waals surface area contributed by atoms with Crippen LogP contribution in [0.2, 0.25) is 0 Å². The van der Waals surface area contributed by atoms with Crippen LogP contribution in [-0.2, 0) is 0 Å². The van der Waals surface area contributed by atoms with Crippen molar-refractivity contribution in [3.8, 4) is 0 Å². The van der Waals surface area contributed by atoms with Crippen molar-refractivity contribution in [2.24, 2.45) is 0 Å². The van der Waals surface area contributed by atoms with Crippen molar-refractivity contribution >= 4 is 11.6 Å². The number of amides is 1. The highest BCUT2D eigenvalue weighted by atomic mass is 16.3. The molecule has 1 unspecified atom stereocenters. The van der Waals surface area contributed by atoms with Gasteiger partial charge in [-0.15, -0.1) is 0 Å². The maximum absolute atomic E-state index is 12.0. The molecule has 1 saturated heterocycles. The van der Waals surface area contributed by atoms with Gasteiger partial charge in [0.25, 0.3) is 5.91 Å². The van der Waals surface area contributed by atoms with Gasteiger partial charge in [0.15, 0.2) is 0 Å². The van der Waals surface area contributed by atoms with Gasteiger partial charge in [0, 0.05) is 32.5 Å². The number of aromatic nitrogens is 1. The molecule has 5 nitrogen and oxygen atoms in total. The first-order valence-corrected chi connectivity index (χ1v) is 7.18. The molecule has 0 aliphatic carbocycles. The molecule has 1 atom stereocenters. The van der Waals surface area contributed by atoms with E-state index in [4.69, 9.17) is 0 Å². The highest BCUT2D eigenvalue weighted by Crippen LogP contribution is 2.24. The number of anilines is 1. The zero-order chi connectivity index (χ0) is 14.5. The van der Waals surface area contributed by atoms with Crippen molar-refractivity contribution in [2.45, 2.75) is 31.7 Å². The van der Waals surface area contributed by atoms with Crippen LogP contribution in [0.15, 0.2) is 18.3 Å². The normalized spacial score (nSPS) is 19.6. The SMILES string of the molecule is CN(C)C(=O)c1cc(N2CCCCCC2CO)ccn1. The minimum atomic E-state index is -0.0952. The molecule has 1 amide bonds. The second kappa shape index (κ2) is 6.70. The van der Waals surface area contributed by atoms with E-state index in [1.54, 1.807) is 20.3 Å². The minimum absolute atomic E-state index is 0.0952. The first kappa shape index (κ1) is 14.8. The summed E-state index contributed by atoms with van der Waals surface area (Å²) >= 11 is 0. The van der Waals surface area contributed by atoms with Crippen LogP contribution in [0.25, 0.3) is 0 Å². The number of nitrogens with zero attached hydrogens (tertiary/aromatic N) is 3. The number of rotatable bonds is 3. The molecule has 20 heavy (non-hydrogen) atoms. The lowest BCUT2D eigenvalue weighted by molar-refractivity contribution is 0.0822. The van der Waals surface area contributed by atoms with Crippen LogP contribution < -0.4 is 4.90 Å². The summed E-state index contributed by atoms with van der Waals surface area (Å²) in [5.74, 6) is -0.0952. The summed E-state index contributed by atoms with van der Waals surface area (Å²) < 4.78 is 0. The van der Waals surface area contributed by atoms with E-state index in [0.29, 0.717) is 5.69 Å². The lowest BCUT2D eigenvalue weighted by Crippen LogP contribution is -2.37. The van der Waals surface area contributed by atoms with Crippen LogP contribution in [0.3, 0.4) is 0 Å². The van der Waals surface area contributed by atoms with Crippen molar-refractivity contribution < 1.29 is 9.90 Å². The Kier molecular flexibility index (Phi) is 4.95. The summed E-state index contributed by atoms with van der Waals surface area (Å²) in [7, 11) is 3.44. The molecule has 110 valence electrons. The fourth-order valence-electron chi connectivity index (χ4n) is 2.65. The molecule has 0 radical (unpaired) electrons. The first-order valence-electron chi connectivity index (χ1n) is 7.18. The van der Waals surface area contributed by atoms with Gasteiger partial charge < -0.3 is 14.9 Å². The number of carbonyl (C=O) groups is 1. The van der Waals surface area contributed by atoms with Crippen LogP contribution in [0.1, 0.15) is 36.2 Å². The Bertz CT molecular complexity index is 462. The third-order valence-corrected chi connectivity index (χ3v) is 3.79. The van der Waals surface area contributed by atoms with Gasteiger partial charge in [0.2, 0.25) is 0 Å². The number of hydrogen-bond donors (Lipinski definition) is 1. The molecule has 1 aliphatic heterocycles. The van der Waals surface area contributed by atoms with Gasteiger partial charge in [-0.3, -0.25) is 9.78 Å². The Morgan fingerprint density at radius 3 is 2.95 bits per heavy atom. The molecular weight excluding hydrogens is 254 g/mol. The maximum Gasteiger partial charge on any atom is 0.272 e. The van der Waals surface area contributed by atoms with Gasteiger partial charge in [-0.2, -0.15) is 0 Å². The van der Waals surface area contributed by atoms with E-state index >= 15 is 0 Å². The molecule has 5 heteroatoms. The van der Waals surface area contributed by atoms with Gasteiger partial charge in [0.1, 0.15) is 5.69 Å². The number of aliphatic hydroxyl groups excluding tert-OH is 1. The zero-order valence-corrected chi connectivity index (χ0v) is 12.2. The van der Waals surface area contributed by atoms with Crippen LogP contribution in [0.4, 0.5) is 5.69 Å². The van der Waals surface area contributed by atoms with E-state index in [9.17, 15) is 9.90 Å². The Balaban J connectivity index is 2.26. The van der Waals surface area contributed by atoms with E-state index in [1.165, 1.54) is 11.3 Å². The summed E-state index contributed by atoms with van der Waals surface area (Å²) in [5.41, 5.74) is 1.43. The third kappa shape index (κ3) is 3.28. The fourth-order valence-corrected chi connectivity index (χ4v) is 2.65. The molecular formula is C15H23N3O2. The number of carbonyl (C=O) groups excluding carboxylic acids is 1. The van der Waals surface area contributed by atoms with Gasteiger partial charge in [0.05, 0.1) is 12.6 Å². The van der Waals surface area contributed by atoms with Crippen LogP contribution in [0, 0.1) is 0 Å². The molecule has 1 fully saturated rings. The zero-order valence-electron chi connectivity index (χ0n) is 12.2. The second-order valence-corrected chi connectivity index (χ2v) is 5.48. The smallest absolute Gasteiger partial charge is 0.272 e. The lowest BCUT2D eigenvalue weighted by Gasteiger charge is -2.31. The van der Waals surface area contributed by atoms with Gasteiger partial charge in [-0.1, -0.05) is 12.8 Å². The van der Waals surface area contributed by atoms with Crippen molar-refractivity contribution in [1.82, 2.24) is 9.88 Å². The molecule has 0 spiro atoms. The van der Waals surface area contributed by atoms with Crippen molar-refractivity contribution in [3.05, 3.63) is 24.0 Å². The molecule has 2 heterocycles. The number of hydrogen-bond acceptors (Lipinski definition) is 4. The predicted octanol–water partition coefficient (Wildman–Crippen LogP) is 1.52. The van der Waals surface area contributed by atoms with E-state index < -0.39 is 0 Å². The van der Waals surface area contributed by atoms with Gasteiger partial charge in [-0.25, -0.2) is 0 Å². The Labute approximate surface area is 120 Å². The summed E-state index contributed by atoms with van der Waals surface area (Å²) in [4.78, 5) is 19.9. The number of pyridine rings is 1. The Hall–Kier alpha value is -1.62. The summed E-state index contributed by atoms with van der Waals surface area (Å²) in [6, 6.07) is 3.89. The highest BCUT2D eigenvalue weighted by Gasteiger charge is 2.21. The molecule has 1 N–H and O–H groups in total. The topological polar surface area (TPSA) is 56.7 Å². The minimum Gasteiger partial charge on any atom is -0.394 e. The fraction of sp³-hybridized carbons (Fsp3) is 0.600. The van der Waals surface area contributed by atoms with E-state index in [2.05, 4.69) is 9.88 Å². The molecule has 0 bridgehead atoms. The summed E-state index contributed by atoms with van der Waals surface area (Å²) in [5, 5.41) is 9.58. The molecule has 0 aromatic carbocycles. The largest absolute Gasteiger partial charge is 0.394 e. The average molecular weight is 277 g/mol. The Morgan fingerprint density at radius 1 is 1.45 bits per heavy atom. The predicted molar refractivity (Wildman–Crippen MR) is 78.9 cm³/mol. The van der Waals surface area contributed by atoms with Crippen molar-refractivity contribution in [1.29, 1.82) is 0 Å². The van der Waals surface area contributed by atoms with E-state index in [0.717, 1.165) is 31.5 Å². The molecule has 1 aliphatic rings. The molecule has 1 aromatic heterocycles. The van der Waals surface area contributed by atoms with Gasteiger partial charge >= 0.3 is 0 Å². The highest BCUT2D eigenvalue weighted by molar-refractivity contribution is 5.92. The van der Waals surface area contributed by atoms with E-state index in [1.807, 2.05) is 12.1 Å². The van der Waals surface area contributed by atoms with Crippen LogP contribution >= 0.6 is 0 Å².